The Hall–Kier alpha value is -1.83. The highest BCUT2D eigenvalue weighted by Gasteiger charge is 2.38. The first-order chi connectivity index (χ1) is 11.5. The van der Waals surface area contributed by atoms with Gasteiger partial charge < -0.3 is 25.4 Å². The van der Waals surface area contributed by atoms with Gasteiger partial charge in [0.1, 0.15) is 5.75 Å². The van der Waals surface area contributed by atoms with Crippen molar-refractivity contribution in [1.29, 1.82) is 0 Å². The lowest BCUT2D eigenvalue weighted by Crippen LogP contribution is -2.46. The van der Waals surface area contributed by atoms with Gasteiger partial charge in [-0.25, -0.2) is 0 Å². The van der Waals surface area contributed by atoms with E-state index in [1.165, 1.54) is 4.90 Å². The van der Waals surface area contributed by atoms with Crippen molar-refractivity contribution in [1.82, 2.24) is 4.90 Å². The molecule has 140 valence electrons. The van der Waals surface area contributed by atoms with Gasteiger partial charge in [0.2, 0.25) is 5.91 Å². The molecule has 1 aliphatic heterocycles. The third-order valence-electron chi connectivity index (χ3n) is 4.30. The Morgan fingerprint density at radius 2 is 1.84 bits per heavy atom. The number of hydrogen-bond donors (Lipinski definition) is 2. The van der Waals surface area contributed by atoms with E-state index in [1.54, 1.807) is 38.4 Å². The van der Waals surface area contributed by atoms with Crippen LogP contribution in [0, 0.1) is 5.41 Å². The predicted molar refractivity (Wildman–Crippen MR) is 98.0 cm³/mol. The molecular formula is C17H26ClN3O4. The van der Waals surface area contributed by atoms with E-state index in [2.05, 4.69) is 5.32 Å². The molecule has 1 saturated heterocycles. The summed E-state index contributed by atoms with van der Waals surface area (Å²) in [6, 6.07) is 6.93. The van der Waals surface area contributed by atoms with Crippen LogP contribution in [0.1, 0.15) is 12.8 Å². The first-order valence-electron chi connectivity index (χ1n) is 7.99. The van der Waals surface area contributed by atoms with Gasteiger partial charge in [0.05, 0.1) is 5.41 Å². The Labute approximate surface area is 154 Å². The summed E-state index contributed by atoms with van der Waals surface area (Å²) in [4.78, 5) is 25.5. The van der Waals surface area contributed by atoms with Crippen molar-refractivity contribution < 1.29 is 19.1 Å². The zero-order valence-electron chi connectivity index (χ0n) is 14.6. The Morgan fingerprint density at radius 3 is 2.36 bits per heavy atom. The van der Waals surface area contributed by atoms with Gasteiger partial charge in [0.15, 0.2) is 6.61 Å². The number of nitrogens with one attached hydrogen (secondary N) is 1. The molecule has 2 amide bonds. The van der Waals surface area contributed by atoms with Crippen molar-refractivity contribution >= 4 is 29.9 Å². The van der Waals surface area contributed by atoms with E-state index in [1.807, 2.05) is 0 Å². The van der Waals surface area contributed by atoms with Crippen LogP contribution in [0.15, 0.2) is 24.3 Å². The zero-order valence-corrected chi connectivity index (χ0v) is 15.4. The molecule has 0 unspecified atom stereocenters. The molecule has 25 heavy (non-hydrogen) atoms. The zero-order chi connectivity index (χ0) is 17.6. The summed E-state index contributed by atoms with van der Waals surface area (Å²) in [5.74, 6) is 0.379. The van der Waals surface area contributed by atoms with Crippen LogP contribution in [0.4, 0.5) is 5.69 Å². The van der Waals surface area contributed by atoms with Gasteiger partial charge >= 0.3 is 0 Å². The molecule has 0 bridgehead atoms. The van der Waals surface area contributed by atoms with Gasteiger partial charge in [0, 0.05) is 39.5 Å². The third kappa shape index (κ3) is 5.59. The molecule has 2 rings (SSSR count). The lowest BCUT2D eigenvalue weighted by molar-refractivity contribution is -0.131. The second-order valence-electron chi connectivity index (χ2n) is 6.15. The predicted octanol–water partition coefficient (Wildman–Crippen LogP) is 1.27. The number of rotatable bonds is 6. The number of hydrogen-bond acceptors (Lipinski definition) is 5. The summed E-state index contributed by atoms with van der Waals surface area (Å²) in [6.07, 6.45) is 1.26. The van der Waals surface area contributed by atoms with Crippen LogP contribution in [-0.4, -0.2) is 57.2 Å². The second-order valence-corrected chi connectivity index (χ2v) is 6.15. The molecule has 0 atom stereocenters. The smallest absolute Gasteiger partial charge is 0.259 e. The van der Waals surface area contributed by atoms with Gasteiger partial charge in [-0.1, -0.05) is 0 Å². The molecule has 1 heterocycles. The number of anilines is 1. The van der Waals surface area contributed by atoms with Crippen LogP contribution >= 0.6 is 12.4 Å². The normalized spacial score (nSPS) is 15.6. The fraction of sp³-hybridized carbons (Fsp3) is 0.529. The molecular weight excluding hydrogens is 346 g/mol. The number of carbonyl (C=O) groups is 2. The summed E-state index contributed by atoms with van der Waals surface area (Å²) < 4.78 is 10.7. The maximum atomic E-state index is 12.6. The molecule has 0 aliphatic carbocycles. The van der Waals surface area contributed by atoms with Gasteiger partial charge in [-0.3, -0.25) is 9.59 Å². The van der Waals surface area contributed by atoms with Gasteiger partial charge in [-0.15, -0.1) is 12.4 Å². The summed E-state index contributed by atoms with van der Waals surface area (Å²) in [5, 5.41) is 2.91. The van der Waals surface area contributed by atoms with Crippen LogP contribution in [0.3, 0.4) is 0 Å². The lowest BCUT2D eigenvalue weighted by Gasteiger charge is -2.34. The highest BCUT2D eigenvalue weighted by molar-refractivity contribution is 5.95. The van der Waals surface area contributed by atoms with Gasteiger partial charge in [-0.05, 0) is 37.1 Å². The van der Waals surface area contributed by atoms with Crippen molar-refractivity contribution in [3.63, 3.8) is 0 Å². The van der Waals surface area contributed by atoms with E-state index in [0.717, 1.165) is 0 Å². The van der Waals surface area contributed by atoms with Crippen LogP contribution in [0.5, 0.6) is 5.75 Å². The minimum absolute atomic E-state index is 0. The molecule has 1 fully saturated rings. The molecule has 0 spiro atoms. The lowest BCUT2D eigenvalue weighted by atomic mass is 9.79. The van der Waals surface area contributed by atoms with E-state index in [-0.39, 0.29) is 30.8 Å². The second kappa shape index (κ2) is 9.60. The van der Waals surface area contributed by atoms with E-state index in [0.29, 0.717) is 44.0 Å². The maximum Gasteiger partial charge on any atom is 0.259 e. The third-order valence-corrected chi connectivity index (χ3v) is 4.30. The number of likely N-dealkylation sites (N-methyl/N-ethyl adjacent to an activating group) is 1. The SMILES string of the molecule is CN(C)C(=O)COc1ccc(NC(=O)C2(CN)CCOCC2)cc1.Cl. The fourth-order valence-electron chi connectivity index (χ4n) is 2.46. The Bertz CT molecular complexity index is 572. The number of amides is 2. The highest BCUT2D eigenvalue weighted by Crippen LogP contribution is 2.31. The molecule has 3 N–H and O–H groups in total. The minimum Gasteiger partial charge on any atom is -0.484 e. The highest BCUT2D eigenvalue weighted by atomic mass is 35.5. The molecule has 1 aliphatic rings. The largest absolute Gasteiger partial charge is 0.484 e. The van der Waals surface area contributed by atoms with Gasteiger partial charge in [-0.2, -0.15) is 0 Å². The summed E-state index contributed by atoms with van der Waals surface area (Å²) in [5.41, 5.74) is 5.94. The van der Waals surface area contributed by atoms with E-state index in [4.69, 9.17) is 15.2 Å². The molecule has 0 saturated carbocycles. The van der Waals surface area contributed by atoms with Crippen LogP contribution in [0.2, 0.25) is 0 Å². The van der Waals surface area contributed by atoms with E-state index >= 15 is 0 Å². The summed E-state index contributed by atoms with van der Waals surface area (Å²) >= 11 is 0. The van der Waals surface area contributed by atoms with Crippen molar-refractivity contribution in [3.8, 4) is 5.75 Å². The topological polar surface area (TPSA) is 93.9 Å². The van der Waals surface area contributed by atoms with Crippen molar-refractivity contribution in [2.45, 2.75) is 12.8 Å². The molecule has 0 radical (unpaired) electrons. The fourth-order valence-corrected chi connectivity index (χ4v) is 2.46. The number of nitrogens with two attached hydrogens (primary N) is 1. The quantitative estimate of drug-likeness (QED) is 0.785. The van der Waals surface area contributed by atoms with Gasteiger partial charge in [0.25, 0.3) is 5.91 Å². The number of nitrogens with zero attached hydrogens (tertiary/aromatic N) is 1. The van der Waals surface area contributed by atoms with E-state index in [9.17, 15) is 9.59 Å². The number of benzene rings is 1. The van der Waals surface area contributed by atoms with E-state index < -0.39 is 5.41 Å². The van der Waals surface area contributed by atoms with Crippen LogP contribution < -0.4 is 15.8 Å². The standard InChI is InChI=1S/C17H25N3O4.ClH/c1-20(2)15(21)11-24-14-5-3-13(4-6-14)19-16(22)17(12-18)7-9-23-10-8-17;/h3-6H,7-12,18H2,1-2H3,(H,19,22);1H. The average Bonchev–Trinajstić information content (AvgIpc) is 2.61. The number of ether oxygens (including phenoxy) is 2. The van der Waals surface area contributed by atoms with Crippen molar-refractivity contribution in [3.05, 3.63) is 24.3 Å². The Balaban J connectivity index is 0.00000312. The summed E-state index contributed by atoms with van der Waals surface area (Å²) in [7, 11) is 3.35. The monoisotopic (exact) mass is 371 g/mol. The van der Waals surface area contributed by atoms with Crippen LogP contribution in [0.25, 0.3) is 0 Å². The number of carbonyl (C=O) groups excluding carboxylic acids is 2. The molecule has 7 nitrogen and oxygen atoms in total. The molecule has 8 heteroatoms. The molecule has 0 aromatic heterocycles. The van der Waals surface area contributed by atoms with Crippen molar-refractivity contribution in [2.24, 2.45) is 11.1 Å². The minimum atomic E-state index is -0.564. The maximum absolute atomic E-state index is 12.6. The van der Waals surface area contributed by atoms with Crippen LogP contribution in [-0.2, 0) is 14.3 Å². The Morgan fingerprint density at radius 1 is 1.24 bits per heavy atom. The first kappa shape index (κ1) is 21.2. The summed E-state index contributed by atoms with van der Waals surface area (Å²) in [6.45, 7) is 1.39. The number of halogens is 1. The first-order valence-corrected chi connectivity index (χ1v) is 7.99. The Kier molecular flexibility index (Phi) is 8.15. The molecule has 1 aromatic carbocycles. The molecule has 1 aromatic rings. The average molecular weight is 372 g/mol. The van der Waals surface area contributed by atoms with Crippen molar-refractivity contribution in [2.75, 3.05) is 45.8 Å².